The molecule has 1 heteroatoms. The second kappa shape index (κ2) is 11.2. The Morgan fingerprint density at radius 3 is 1.81 bits per heavy atom. The summed E-state index contributed by atoms with van der Waals surface area (Å²) < 4.78 is 0. The summed E-state index contributed by atoms with van der Waals surface area (Å²) in [5.74, 6) is 7.27. The summed E-state index contributed by atoms with van der Waals surface area (Å²) in [4.78, 5) is 0. The highest BCUT2D eigenvalue weighted by Gasteiger charge is 2.37. The Hall–Kier alpha value is -0.0400. The van der Waals surface area contributed by atoms with Crippen molar-refractivity contribution in [3.05, 3.63) is 0 Å². The summed E-state index contributed by atoms with van der Waals surface area (Å²) >= 11 is 0. The quantitative estimate of drug-likeness (QED) is 0.432. The van der Waals surface area contributed by atoms with Gasteiger partial charge in [-0.25, -0.2) is 0 Å². The number of aliphatic hydroxyl groups is 1. The van der Waals surface area contributed by atoms with Gasteiger partial charge in [0.1, 0.15) is 0 Å². The average Bonchev–Trinajstić information content (AvgIpc) is 2.74. The summed E-state index contributed by atoms with van der Waals surface area (Å²) in [6, 6.07) is 0. The normalized spacial score (nSPS) is 40.8. The molecule has 3 atom stereocenters. The van der Waals surface area contributed by atoms with Crippen LogP contribution in [-0.2, 0) is 0 Å². The van der Waals surface area contributed by atoms with E-state index >= 15 is 0 Å². The van der Waals surface area contributed by atoms with Crippen LogP contribution in [0.4, 0.5) is 0 Å². The largest absolute Gasteiger partial charge is 0.396 e. The fourth-order valence-electron chi connectivity index (χ4n) is 7.39. The van der Waals surface area contributed by atoms with Crippen molar-refractivity contribution in [1.29, 1.82) is 0 Å². The van der Waals surface area contributed by atoms with Crippen molar-refractivity contribution in [2.75, 3.05) is 6.61 Å². The summed E-state index contributed by atoms with van der Waals surface area (Å²) in [5, 5.41) is 9.05. The van der Waals surface area contributed by atoms with E-state index < -0.39 is 0 Å². The van der Waals surface area contributed by atoms with Crippen LogP contribution >= 0.6 is 0 Å². The van der Waals surface area contributed by atoms with Gasteiger partial charge >= 0.3 is 0 Å². The van der Waals surface area contributed by atoms with Crippen LogP contribution in [0, 0.1) is 41.4 Å². The standard InChI is InChI=1S/C26H48O/c1-3-20-8-11-23(12-9-20)24-13-15-25(16-14-24)26-17-10-21(7-5-6-18-27)19-22(26)4-2/h20-27H,3-19H2,1-2H3. The van der Waals surface area contributed by atoms with Gasteiger partial charge in [0, 0.05) is 6.61 Å². The fourth-order valence-corrected chi connectivity index (χ4v) is 7.39. The molecule has 0 heterocycles. The third-order valence-corrected chi connectivity index (χ3v) is 9.25. The van der Waals surface area contributed by atoms with Gasteiger partial charge in [0.2, 0.25) is 0 Å². The Balaban J connectivity index is 1.42. The fraction of sp³-hybridized carbons (Fsp3) is 1.00. The molecule has 0 aromatic carbocycles. The molecule has 1 nitrogen and oxygen atoms in total. The van der Waals surface area contributed by atoms with Gasteiger partial charge in [-0.3, -0.25) is 0 Å². The molecule has 0 aromatic heterocycles. The predicted octanol–water partition coefficient (Wildman–Crippen LogP) is 7.61. The lowest BCUT2D eigenvalue weighted by atomic mass is 9.61. The zero-order valence-corrected chi connectivity index (χ0v) is 18.5. The maximum atomic E-state index is 9.05. The minimum atomic E-state index is 0.385. The van der Waals surface area contributed by atoms with E-state index in [9.17, 15) is 0 Å². The van der Waals surface area contributed by atoms with Crippen molar-refractivity contribution in [3.63, 3.8) is 0 Å². The minimum Gasteiger partial charge on any atom is -0.396 e. The van der Waals surface area contributed by atoms with Gasteiger partial charge in [0.25, 0.3) is 0 Å². The van der Waals surface area contributed by atoms with Gasteiger partial charge in [-0.05, 0) is 99.2 Å². The van der Waals surface area contributed by atoms with E-state index in [2.05, 4.69) is 13.8 Å². The SMILES string of the molecule is CCC1CCC(C2CCC(C3CCC(CCCCO)CC3CC)CC2)CC1. The summed E-state index contributed by atoms with van der Waals surface area (Å²) in [5.41, 5.74) is 0. The Morgan fingerprint density at radius 1 is 0.630 bits per heavy atom. The van der Waals surface area contributed by atoms with Crippen LogP contribution in [0.1, 0.15) is 117 Å². The van der Waals surface area contributed by atoms with Crippen LogP contribution < -0.4 is 0 Å². The van der Waals surface area contributed by atoms with E-state index in [0.29, 0.717) is 6.61 Å². The first kappa shape index (κ1) is 21.7. The van der Waals surface area contributed by atoms with Crippen LogP contribution in [0.5, 0.6) is 0 Å². The third-order valence-electron chi connectivity index (χ3n) is 9.25. The summed E-state index contributed by atoms with van der Waals surface area (Å²) in [6.07, 6.45) is 23.3. The lowest BCUT2D eigenvalue weighted by Gasteiger charge is -2.44. The molecule has 3 saturated carbocycles. The lowest BCUT2D eigenvalue weighted by Crippen LogP contribution is -2.34. The van der Waals surface area contributed by atoms with Gasteiger partial charge in [-0.15, -0.1) is 0 Å². The first-order chi connectivity index (χ1) is 13.2. The smallest absolute Gasteiger partial charge is 0.0431 e. The van der Waals surface area contributed by atoms with Crippen LogP contribution in [-0.4, -0.2) is 11.7 Å². The highest BCUT2D eigenvalue weighted by molar-refractivity contribution is 4.88. The third kappa shape index (κ3) is 5.97. The van der Waals surface area contributed by atoms with Crippen molar-refractivity contribution in [1.82, 2.24) is 0 Å². The van der Waals surface area contributed by atoms with E-state index in [-0.39, 0.29) is 0 Å². The molecule has 0 aromatic rings. The number of aliphatic hydroxyl groups excluding tert-OH is 1. The Bertz CT molecular complexity index is 389. The zero-order chi connectivity index (χ0) is 19.1. The van der Waals surface area contributed by atoms with Gasteiger partial charge in [-0.1, -0.05) is 58.8 Å². The topological polar surface area (TPSA) is 20.2 Å². The first-order valence-corrected chi connectivity index (χ1v) is 12.9. The molecule has 3 aliphatic rings. The first-order valence-electron chi connectivity index (χ1n) is 12.9. The predicted molar refractivity (Wildman–Crippen MR) is 117 cm³/mol. The molecule has 3 unspecified atom stereocenters. The Labute approximate surface area is 170 Å². The Morgan fingerprint density at radius 2 is 1.22 bits per heavy atom. The number of hydrogen-bond acceptors (Lipinski definition) is 1. The molecule has 0 saturated heterocycles. The van der Waals surface area contributed by atoms with Crippen molar-refractivity contribution in [2.45, 2.75) is 117 Å². The summed E-state index contributed by atoms with van der Waals surface area (Å²) in [6.45, 7) is 5.23. The molecular weight excluding hydrogens is 328 g/mol. The molecule has 158 valence electrons. The molecule has 0 bridgehead atoms. The van der Waals surface area contributed by atoms with Crippen molar-refractivity contribution in [3.8, 4) is 0 Å². The van der Waals surface area contributed by atoms with Crippen LogP contribution in [0.2, 0.25) is 0 Å². The minimum absolute atomic E-state index is 0.385. The molecule has 3 aliphatic carbocycles. The van der Waals surface area contributed by atoms with Gasteiger partial charge < -0.3 is 5.11 Å². The number of rotatable bonds is 8. The second-order valence-corrected chi connectivity index (χ2v) is 10.6. The molecule has 1 N–H and O–H groups in total. The average molecular weight is 377 g/mol. The molecule has 3 rings (SSSR count). The van der Waals surface area contributed by atoms with Crippen LogP contribution in [0.25, 0.3) is 0 Å². The molecule has 0 radical (unpaired) electrons. The van der Waals surface area contributed by atoms with E-state index in [1.54, 1.807) is 38.5 Å². The number of unbranched alkanes of at least 4 members (excludes halogenated alkanes) is 1. The number of hydrogen-bond donors (Lipinski definition) is 1. The molecular formula is C26H48O. The van der Waals surface area contributed by atoms with Crippen molar-refractivity contribution < 1.29 is 5.11 Å². The summed E-state index contributed by atoms with van der Waals surface area (Å²) in [7, 11) is 0. The maximum Gasteiger partial charge on any atom is 0.0431 e. The zero-order valence-electron chi connectivity index (χ0n) is 18.5. The van der Waals surface area contributed by atoms with Gasteiger partial charge in [-0.2, -0.15) is 0 Å². The van der Waals surface area contributed by atoms with Crippen LogP contribution in [0.3, 0.4) is 0 Å². The maximum absolute atomic E-state index is 9.05. The van der Waals surface area contributed by atoms with Crippen molar-refractivity contribution >= 4 is 0 Å². The highest BCUT2D eigenvalue weighted by atomic mass is 16.2. The Kier molecular flexibility index (Phi) is 9.01. The van der Waals surface area contributed by atoms with E-state index in [0.717, 1.165) is 47.8 Å². The monoisotopic (exact) mass is 376 g/mol. The molecule has 27 heavy (non-hydrogen) atoms. The van der Waals surface area contributed by atoms with E-state index in [1.165, 1.54) is 57.8 Å². The van der Waals surface area contributed by atoms with Crippen molar-refractivity contribution in [2.24, 2.45) is 41.4 Å². The molecule has 0 spiro atoms. The van der Waals surface area contributed by atoms with Gasteiger partial charge in [0.15, 0.2) is 0 Å². The van der Waals surface area contributed by atoms with E-state index in [1.807, 2.05) is 0 Å². The van der Waals surface area contributed by atoms with Crippen LogP contribution in [0.15, 0.2) is 0 Å². The van der Waals surface area contributed by atoms with Gasteiger partial charge in [0.05, 0.1) is 0 Å². The second-order valence-electron chi connectivity index (χ2n) is 10.6. The molecule has 3 fully saturated rings. The molecule has 0 amide bonds. The lowest BCUT2D eigenvalue weighted by molar-refractivity contribution is 0.0642. The molecule has 0 aliphatic heterocycles. The highest BCUT2D eigenvalue weighted by Crippen LogP contribution is 2.49. The van der Waals surface area contributed by atoms with E-state index in [4.69, 9.17) is 5.11 Å².